The number of nitriles is 3. The van der Waals surface area contributed by atoms with E-state index in [9.17, 15) is 15.8 Å². The van der Waals surface area contributed by atoms with Gasteiger partial charge in [0.15, 0.2) is 0 Å². The van der Waals surface area contributed by atoms with Crippen LogP contribution in [0.2, 0.25) is 5.02 Å². The van der Waals surface area contributed by atoms with Crippen LogP contribution < -0.4 is 0 Å². The van der Waals surface area contributed by atoms with Gasteiger partial charge in [-0.2, -0.15) is 15.8 Å². The van der Waals surface area contributed by atoms with Gasteiger partial charge >= 0.3 is 0 Å². The molecule has 1 aromatic rings. The van der Waals surface area contributed by atoms with Crippen molar-refractivity contribution in [3.05, 3.63) is 46.5 Å². The Morgan fingerprint density at radius 3 is 2.44 bits per heavy atom. The molecule has 0 bridgehead atoms. The largest absolute Gasteiger partial charge is 0.305 e. The minimum absolute atomic E-state index is 0.139. The van der Waals surface area contributed by atoms with E-state index >= 15 is 0 Å². The lowest BCUT2D eigenvalue weighted by molar-refractivity contribution is 0.175. The Hall–Kier alpha value is -2.65. The number of nitrogens with one attached hydrogen (secondary N) is 1. The van der Waals surface area contributed by atoms with Gasteiger partial charge in [-0.1, -0.05) is 35.9 Å². The van der Waals surface area contributed by atoms with E-state index in [1.54, 1.807) is 6.07 Å². The highest BCUT2D eigenvalue weighted by Crippen LogP contribution is 2.53. The molecule has 1 N–H and O–H groups in total. The first-order chi connectivity index (χ1) is 12.9. The molecule has 3 rings (SSSR count). The molecule has 0 saturated heterocycles. The third kappa shape index (κ3) is 2.83. The van der Waals surface area contributed by atoms with Crippen LogP contribution in [0.25, 0.3) is 0 Å². The smallest absolute Gasteiger partial charge is 0.203 e. The molecule has 6 heteroatoms. The third-order valence-corrected chi connectivity index (χ3v) is 6.13. The Morgan fingerprint density at radius 2 is 1.89 bits per heavy atom. The molecule has 136 valence electrons. The van der Waals surface area contributed by atoms with Gasteiger partial charge in [0.2, 0.25) is 5.41 Å². The average Bonchev–Trinajstić information content (AvgIpc) is 2.68. The number of fused-ring (bicyclic) bond motifs is 1. The van der Waals surface area contributed by atoms with Crippen molar-refractivity contribution in [1.82, 2.24) is 4.90 Å². The molecule has 5 nitrogen and oxygen atoms in total. The predicted octanol–water partition coefficient (Wildman–Crippen LogP) is 3.90. The van der Waals surface area contributed by atoms with Crippen LogP contribution >= 0.6 is 11.6 Å². The molecular formula is C21H20ClN5. The minimum atomic E-state index is -1.67. The second kappa shape index (κ2) is 7.16. The van der Waals surface area contributed by atoms with Crippen molar-refractivity contribution < 1.29 is 0 Å². The summed E-state index contributed by atoms with van der Waals surface area (Å²) in [6, 6.07) is 13.9. The molecule has 0 amide bonds. The number of rotatable bonds is 2. The molecule has 0 unspecified atom stereocenters. The normalized spacial score (nSPS) is 27.1. The fraction of sp³-hybridized carbons (Fsp3) is 0.429. The van der Waals surface area contributed by atoms with Crippen LogP contribution in [0.3, 0.4) is 0 Å². The first-order valence-corrected chi connectivity index (χ1v) is 9.29. The van der Waals surface area contributed by atoms with E-state index in [4.69, 9.17) is 17.0 Å². The van der Waals surface area contributed by atoms with E-state index < -0.39 is 11.3 Å². The topological polar surface area (TPSA) is 98.5 Å². The molecule has 3 atom stereocenters. The molecule has 27 heavy (non-hydrogen) atoms. The van der Waals surface area contributed by atoms with E-state index in [1.165, 1.54) is 0 Å². The van der Waals surface area contributed by atoms with E-state index in [0.29, 0.717) is 23.7 Å². The lowest BCUT2D eigenvalue weighted by atomic mass is 9.55. The predicted molar refractivity (Wildman–Crippen MR) is 103 cm³/mol. The van der Waals surface area contributed by atoms with Crippen LogP contribution in [-0.4, -0.2) is 29.7 Å². The first-order valence-electron chi connectivity index (χ1n) is 8.91. The fourth-order valence-corrected chi connectivity index (χ4v) is 4.58. The summed E-state index contributed by atoms with van der Waals surface area (Å²) in [7, 11) is 0. The van der Waals surface area contributed by atoms with Gasteiger partial charge in [-0.25, -0.2) is 0 Å². The zero-order valence-electron chi connectivity index (χ0n) is 15.3. The van der Waals surface area contributed by atoms with E-state index in [2.05, 4.69) is 37.0 Å². The zero-order chi connectivity index (χ0) is 19.8. The Labute approximate surface area is 164 Å². The number of nitrogens with zero attached hydrogens (tertiary/aromatic N) is 4. The van der Waals surface area contributed by atoms with Crippen LogP contribution in [0.15, 0.2) is 35.9 Å². The van der Waals surface area contributed by atoms with Gasteiger partial charge < -0.3 is 5.41 Å². The van der Waals surface area contributed by atoms with Crippen LogP contribution in [-0.2, 0) is 0 Å². The highest BCUT2D eigenvalue weighted by molar-refractivity contribution is 6.31. The Morgan fingerprint density at radius 1 is 1.22 bits per heavy atom. The molecule has 1 aliphatic carbocycles. The van der Waals surface area contributed by atoms with Crippen LogP contribution in [0.1, 0.15) is 25.3 Å². The van der Waals surface area contributed by atoms with Crippen molar-refractivity contribution >= 4 is 17.3 Å². The van der Waals surface area contributed by atoms with Gasteiger partial charge in [-0.15, -0.1) is 0 Å². The Kier molecular flexibility index (Phi) is 5.07. The summed E-state index contributed by atoms with van der Waals surface area (Å²) in [5.74, 6) is -1.46. The summed E-state index contributed by atoms with van der Waals surface area (Å²) in [5.41, 5.74) is -0.376. The number of hydrogen-bond donors (Lipinski definition) is 1. The monoisotopic (exact) mass is 377 g/mol. The van der Waals surface area contributed by atoms with Crippen LogP contribution in [0, 0.1) is 56.7 Å². The van der Waals surface area contributed by atoms with Crippen LogP contribution in [0.4, 0.5) is 0 Å². The summed E-state index contributed by atoms with van der Waals surface area (Å²) in [5, 5.41) is 38.7. The van der Waals surface area contributed by atoms with E-state index in [1.807, 2.05) is 24.3 Å². The standard InChI is InChI=1S/C21H20ClN5/c1-13(2)27-8-7-17-16(10-27)19(14-5-3-4-6-18(14)22)15(9-23)20(26)21(17,11-24)12-25/h3-7,13,15-16,19,26H,8,10H2,1-2H3/t15-,16+,19+/m0/s1. The Balaban J connectivity index is 2.25. The quantitative estimate of drug-likeness (QED) is 0.790. The van der Waals surface area contributed by atoms with E-state index in [0.717, 1.165) is 5.56 Å². The lowest BCUT2D eigenvalue weighted by Crippen LogP contribution is -2.53. The molecule has 1 aliphatic heterocycles. The summed E-state index contributed by atoms with van der Waals surface area (Å²) in [6.07, 6.45) is 1.91. The van der Waals surface area contributed by atoms with Gasteiger partial charge in [-0.3, -0.25) is 4.90 Å². The molecule has 0 spiro atoms. The van der Waals surface area contributed by atoms with Crippen molar-refractivity contribution in [2.75, 3.05) is 13.1 Å². The highest BCUT2D eigenvalue weighted by Gasteiger charge is 2.56. The second-order valence-electron chi connectivity index (χ2n) is 7.35. The average molecular weight is 378 g/mol. The maximum absolute atomic E-state index is 9.89. The number of halogens is 1. The van der Waals surface area contributed by atoms with Crippen molar-refractivity contribution in [3.63, 3.8) is 0 Å². The van der Waals surface area contributed by atoms with Gasteiger partial charge in [0.25, 0.3) is 0 Å². The molecule has 1 fully saturated rings. The second-order valence-corrected chi connectivity index (χ2v) is 7.76. The van der Waals surface area contributed by atoms with Gasteiger partial charge in [0.1, 0.15) is 0 Å². The molecule has 0 aromatic heterocycles. The van der Waals surface area contributed by atoms with Gasteiger partial charge in [0, 0.05) is 36.0 Å². The molecule has 2 aliphatic rings. The van der Waals surface area contributed by atoms with Crippen molar-refractivity contribution in [2.45, 2.75) is 25.8 Å². The zero-order valence-corrected chi connectivity index (χ0v) is 16.0. The Bertz CT molecular complexity index is 913. The molecule has 1 heterocycles. The molecule has 1 aromatic carbocycles. The maximum Gasteiger partial charge on any atom is 0.203 e. The highest BCUT2D eigenvalue weighted by atomic mass is 35.5. The minimum Gasteiger partial charge on any atom is -0.305 e. The summed E-state index contributed by atoms with van der Waals surface area (Å²) in [6.45, 7) is 5.43. The molecular weight excluding hydrogens is 358 g/mol. The van der Waals surface area contributed by atoms with E-state index in [-0.39, 0.29) is 23.6 Å². The van der Waals surface area contributed by atoms with Crippen molar-refractivity contribution in [2.24, 2.45) is 17.3 Å². The SMILES string of the molecule is CC(C)N1CC=C2[C@@H](C1)[C@H](c1ccccc1Cl)[C@H](C#N)C(=N)C2(C#N)C#N. The lowest BCUT2D eigenvalue weighted by Gasteiger charge is -2.48. The van der Waals surface area contributed by atoms with Crippen molar-refractivity contribution in [3.8, 4) is 18.2 Å². The summed E-state index contributed by atoms with van der Waals surface area (Å²) in [4.78, 5) is 2.25. The van der Waals surface area contributed by atoms with Crippen LogP contribution in [0.5, 0.6) is 0 Å². The third-order valence-electron chi connectivity index (χ3n) is 5.79. The van der Waals surface area contributed by atoms with Gasteiger partial charge in [-0.05, 0) is 31.1 Å². The van der Waals surface area contributed by atoms with Gasteiger partial charge in [0.05, 0.1) is 29.8 Å². The van der Waals surface area contributed by atoms with Crippen molar-refractivity contribution in [1.29, 1.82) is 21.2 Å². The molecule has 0 radical (unpaired) electrons. The number of benzene rings is 1. The number of hydrogen-bond acceptors (Lipinski definition) is 5. The summed E-state index contributed by atoms with van der Waals surface area (Å²) < 4.78 is 0. The fourth-order valence-electron chi connectivity index (χ4n) is 4.31. The first kappa shape index (κ1) is 19.1. The molecule has 1 saturated carbocycles. The summed E-state index contributed by atoms with van der Waals surface area (Å²) >= 11 is 6.45. The maximum atomic E-state index is 9.89.